The van der Waals surface area contributed by atoms with Gasteiger partial charge in [0.05, 0.1) is 0 Å². The minimum absolute atomic E-state index is 0.154. The van der Waals surface area contributed by atoms with Crippen LogP contribution < -0.4 is 10.6 Å². The molecule has 0 aromatic heterocycles. The van der Waals surface area contributed by atoms with E-state index in [0.717, 1.165) is 18.3 Å². The summed E-state index contributed by atoms with van der Waals surface area (Å²) in [6.45, 7) is 0.932. The summed E-state index contributed by atoms with van der Waals surface area (Å²) < 4.78 is 0. The Hall–Kier alpha value is -1.35. The zero-order valence-electron chi connectivity index (χ0n) is 10.6. The zero-order chi connectivity index (χ0) is 12.4. The molecule has 0 atom stereocenters. The standard InChI is InChI=1S/C15H20N2O/c18-15(9-11-1-2-11)17-14-5-3-12(4-6-14)10-16-13-7-8-13/h3-6,11,13,16H,1-2,7-10H2,(H,17,18). The van der Waals surface area contributed by atoms with Crippen LogP contribution in [-0.2, 0) is 11.3 Å². The molecular formula is C15H20N2O. The van der Waals surface area contributed by atoms with Crippen LogP contribution >= 0.6 is 0 Å². The van der Waals surface area contributed by atoms with Crippen LogP contribution in [0.25, 0.3) is 0 Å². The number of rotatable bonds is 6. The summed E-state index contributed by atoms with van der Waals surface area (Å²) in [5.41, 5.74) is 2.19. The zero-order valence-corrected chi connectivity index (χ0v) is 10.6. The van der Waals surface area contributed by atoms with E-state index in [9.17, 15) is 4.79 Å². The summed E-state index contributed by atoms with van der Waals surface area (Å²) in [5, 5.41) is 6.44. The van der Waals surface area contributed by atoms with Gasteiger partial charge in [-0.15, -0.1) is 0 Å². The maximum atomic E-state index is 11.6. The van der Waals surface area contributed by atoms with Gasteiger partial charge in [-0.25, -0.2) is 0 Å². The second-order valence-electron chi connectivity index (χ2n) is 5.55. The van der Waals surface area contributed by atoms with Crippen molar-refractivity contribution in [3.63, 3.8) is 0 Å². The minimum atomic E-state index is 0.154. The second-order valence-corrected chi connectivity index (χ2v) is 5.55. The third kappa shape index (κ3) is 3.57. The fourth-order valence-electron chi connectivity index (χ4n) is 2.05. The molecule has 0 aliphatic heterocycles. The van der Waals surface area contributed by atoms with E-state index in [1.54, 1.807) is 0 Å². The molecule has 1 amide bonds. The molecule has 0 spiro atoms. The van der Waals surface area contributed by atoms with Crippen LogP contribution in [0, 0.1) is 5.92 Å². The van der Waals surface area contributed by atoms with Crippen molar-refractivity contribution in [2.24, 2.45) is 5.92 Å². The largest absolute Gasteiger partial charge is 0.326 e. The van der Waals surface area contributed by atoms with Crippen LogP contribution in [0.15, 0.2) is 24.3 Å². The molecule has 3 rings (SSSR count). The van der Waals surface area contributed by atoms with Crippen molar-refractivity contribution in [2.45, 2.75) is 44.7 Å². The average molecular weight is 244 g/mol. The molecule has 3 heteroatoms. The highest BCUT2D eigenvalue weighted by atomic mass is 16.1. The van der Waals surface area contributed by atoms with Gasteiger partial charge in [-0.3, -0.25) is 4.79 Å². The first kappa shape index (κ1) is 11.7. The maximum absolute atomic E-state index is 11.6. The Kier molecular flexibility index (Phi) is 3.33. The number of hydrogen-bond acceptors (Lipinski definition) is 2. The smallest absolute Gasteiger partial charge is 0.224 e. The van der Waals surface area contributed by atoms with Crippen molar-refractivity contribution in [1.29, 1.82) is 0 Å². The van der Waals surface area contributed by atoms with Crippen LogP contribution in [0.2, 0.25) is 0 Å². The summed E-state index contributed by atoms with van der Waals surface area (Å²) in [6, 6.07) is 8.90. The molecule has 18 heavy (non-hydrogen) atoms. The van der Waals surface area contributed by atoms with Crippen molar-refractivity contribution in [3.8, 4) is 0 Å². The molecule has 1 aromatic carbocycles. The molecule has 96 valence electrons. The van der Waals surface area contributed by atoms with Crippen molar-refractivity contribution < 1.29 is 4.79 Å². The van der Waals surface area contributed by atoms with Gasteiger partial charge in [0.1, 0.15) is 0 Å². The summed E-state index contributed by atoms with van der Waals surface area (Å²) >= 11 is 0. The van der Waals surface area contributed by atoms with Gasteiger partial charge in [0.2, 0.25) is 5.91 Å². The summed E-state index contributed by atoms with van der Waals surface area (Å²) in [6.07, 6.45) is 5.76. The first-order valence-electron chi connectivity index (χ1n) is 6.92. The van der Waals surface area contributed by atoms with Crippen LogP contribution in [0.4, 0.5) is 5.69 Å². The molecule has 0 bridgehead atoms. The van der Waals surface area contributed by atoms with E-state index in [-0.39, 0.29) is 5.91 Å². The molecule has 0 radical (unpaired) electrons. The first-order chi connectivity index (χ1) is 8.79. The molecule has 3 nitrogen and oxygen atoms in total. The quantitative estimate of drug-likeness (QED) is 0.807. The molecule has 2 aliphatic rings. The van der Waals surface area contributed by atoms with Crippen LogP contribution in [0.5, 0.6) is 0 Å². The van der Waals surface area contributed by atoms with Crippen molar-refractivity contribution in [3.05, 3.63) is 29.8 Å². The summed E-state index contributed by atoms with van der Waals surface area (Å²) in [4.78, 5) is 11.6. The highest BCUT2D eigenvalue weighted by Gasteiger charge is 2.24. The first-order valence-corrected chi connectivity index (χ1v) is 6.92. The lowest BCUT2D eigenvalue weighted by molar-refractivity contribution is -0.116. The summed E-state index contributed by atoms with van der Waals surface area (Å²) in [5.74, 6) is 0.799. The predicted octanol–water partition coefficient (Wildman–Crippen LogP) is 2.68. The molecule has 0 heterocycles. The number of carbonyl (C=O) groups excluding carboxylic acids is 1. The van der Waals surface area contributed by atoms with Gasteiger partial charge in [0.15, 0.2) is 0 Å². The summed E-state index contributed by atoms with van der Waals surface area (Å²) in [7, 11) is 0. The fourth-order valence-corrected chi connectivity index (χ4v) is 2.05. The molecule has 2 N–H and O–H groups in total. The normalized spacial score (nSPS) is 18.7. The molecule has 2 saturated carbocycles. The van der Waals surface area contributed by atoms with E-state index in [2.05, 4.69) is 22.8 Å². The van der Waals surface area contributed by atoms with E-state index >= 15 is 0 Å². The van der Waals surface area contributed by atoms with E-state index in [0.29, 0.717) is 12.3 Å². The Bertz CT molecular complexity index is 419. The molecule has 1 aromatic rings. The number of amides is 1. The van der Waals surface area contributed by atoms with E-state index in [1.165, 1.54) is 31.2 Å². The number of nitrogens with one attached hydrogen (secondary N) is 2. The number of hydrogen-bond donors (Lipinski definition) is 2. The third-order valence-corrected chi connectivity index (χ3v) is 3.58. The van der Waals surface area contributed by atoms with Crippen LogP contribution in [0.3, 0.4) is 0 Å². The predicted molar refractivity (Wildman–Crippen MR) is 72.3 cm³/mol. The Morgan fingerprint density at radius 1 is 1.11 bits per heavy atom. The van der Waals surface area contributed by atoms with Gasteiger partial charge in [-0.2, -0.15) is 0 Å². The Morgan fingerprint density at radius 3 is 2.44 bits per heavy atom. The number of anilines is 1. The maximum Gasteiger partial charge on any atom is 0.224 e. The SMILES string of the molecule is O=C(CC1CC1)Nc1ccc(CNC2CC2)cc1. The van der Waals surface area contributed by atoms with Gasteiger partial charge in [0.25, 0.3) is 0 Å². The van der Waals surface area contributed by atoms with Crippen LogP contribution in [0.1, 0.15) is 37.7 Å². The van der Waals surface area contributed by atoms with Gasteiger partial charge in [-0.1, -0.05) is 12.1 Å². The van der Waals surface area contributed by atoms with E-state index < -0.39 is 0 Å². The Balaban J connectivity index is 1.47. The fraction of sp³-hybridized carbons (Fsp3) is 0.533. The van der Waals surface area contributed by atoms with Crippen molar-refractivity contribution >= 4 is 11.6 Å². The molecule has 0 saturated heterocycles. The topological polar surface area (TPSA) is 41.1 Å². The Labute approximate surface area is 108 Å². The third-order valence-electron chi connectivity index (χ3n) is 3.58. The lowest BCUT2D eigenvalue weighted by Crippen LogP contribution is -2.15. The second kappa shape index (κ2) is 5.11. The highest BCUT2D eigenvalue weighted by molar-refractivity contribution is 5.91. The minimum Gasteiger partial charge on any atom is -0.326 e. The van der Waals surface area contributed by atoms with E-state index in [1.807, 2.05) is 12.1 Å². The van der Waals surface area contributed by atoms with Gasteiger partial charge in [0, 0.05) is 24.7 Å². The number of carbonyl (C=O) groups is 1. The van der Waals surface area contributed by atoms with Crippen molar-refractivity contribution in [1.82, 2.24) is 5.32 Å². The number of benzene rings is 1. The lowest BCUT2D eigenvalue weighted by atomic mass is 10.2. The van der Waals surface area contributed by atoms with Crippen LogP contribution in [-0.4, -0.2) is 11.9 Å². The van der Waals surface area contributed by atoms with Gasteiger partial charge in [-0.05, 0) is 49.3 Å². The lowest BCUT2D eigenvalue weighted by Gasteiger charge is -2.07. The molecular weight excluding hydrogens is 224 g/mol. The molecule has 2 aliphatic carbocycles. The Morgan fingerprint density at radius 2 is 1.83 bits per heavy atom. The molecule has 0 unspecified atom stereocenters. The van der Waals surface area contributed by atoms with Gasteiger partial charge < -0.3 is 10.6 Å². The van der Waals surface area contributed by atoms with Crippen molar-refractivity contribution in [2.75, 3.05) is 5.32 Å². The monoisotopic (exact) mass is 244 g/mol. The highest BCUT2D eigenvalue weighted by Crippen LogP contribution is 2.32. The molecule has 2 fully saturated rings. The van der Waals surface area contributed by atoms with Gasteiger partial charge >= 0.3 is 0 Å². The average Bonchev–Trinajstić information content (AvgIpc) is 3.23. The van der Waals surface area contributed by atoms with E-state index in [4.69, 9.17) is 0 Å².